The number of H-pyrrole nitrogens is 1. The molecule has 1 N–H and O–H groups in total. The lowest BCUT2D eigenvalue weighted by Crippen LogP contribution is -2.33. The monoisotopic (exact) mass is 338 g/mol. The number of halogens is 1. The Morgan fingerprint density at radius 3 is 2.91 bits per heavy atom. The van der Waals surface area contributed by atoms with Crippen molar-refractivity contribution in [3.63, 3.8) is 0 Å². The van der Waals surface area contributed by atoms with Crippen LogP contribution in [0.2, 0.25) is 5.15 Å². The summed E-state index contributed by atoms with van der Waals surface area (Å²) < 4.78 is 6.84. The maximum Gasteiger partial charge on any atom is 0.167 e. The fourth-order valence-electron chi connectivity index (χ4n) is 3.19. The van der Waals surface area contributed by atoms with Gasteiger partial charge >= 0.3 is 0 Å². The predicted molar refractivity (Wildman–Crippen MR) is 87.1 cm³/mol. The van der Waals surface area contributed by atoms with Gasteiger partial charge in [0.25, 0.3) is 0 Å². The molecule has 0 radical (unpaired) electrons. The molecule has 8 heteroatoms. The molecular formula is C15H23ClN6O. The average Bonchev–Trinajstić information content (AvgIpc) is 3.09. The Morgan fingerprint density at radius 2 is 2.22 bits per heavy atom. The molecule has 1 saturated heterocycles. The summed E-state index contributed by atoms with van der Waals surface area (Å²) in [7, 11) is 3.53. The second kappa shape index (κ2) is 6.98. The van der Waals surface area contributed by atoms with E-state index in [4.69, 9.17) is 16.3 Å². The molecule has 0 saturated carbocycles. The predicted octanol–water partition coefficient (Wildman–Crippen LogP) is 2.37. The number of aryl methyl sites for hydroxylation is 2. The van der Waals surface area contributed by atoms with Crippen molar-refractivity contribution in [3.05, 3.63) is 28.1 Å². The zero-order valence-corrected chi connectivity index (χ0v) is 14.6. The van der Waals surface area contributed by atoms with Gasteiger partial charge in [-0.1, -0.05) is 18.0 Å². The first-order chi connectivity index (χ1) is 11.1. The Bertz CT molecular complexity index is 667. The number of aromatic nitrogens is 5. The fourth-order valence-corrected chi connectivity index (χ4v) is 3.42. The van der Waals surface area contributed by atoms with Crippen LogP contribution in [0.5, 0.6) is 0 Å². The van der Waals surface area contributed by atoms with Crippen LogP contribution in [0.1, 0.15) is 48.2 Å². The number of nitrogens with one attached hydrogen (secondary N) is 1. The third-order valence-corrected chi connectivity index (χ3v) is 4.85. The van der Waals surface area contributed by atoms with Gasteiger partial charge in [0.15, 0.2) is 11.6 Å². The Hall–Kier alpha value is -1.44. The zero-order valence-electron chi connectivity index (χ0n) is 13.8. The van der Waals surface area contributed by atoms with E-state index < -0.39 is 0 Å². The number of likely N-dealkylation sites (tertiary alicyclic amines) is 1. The molecule has 1 fully saturated rings. The molecule has 126 valence electrons. The molecule has 0 aliphatic carbocycles. The average molecular weight is 339 g/mol. The van der Waals surface area contributed by atoms with Crippen LogP contribution in [0.3, 0.4) is 0 Å². The molecule has 0 aromatic carbocycles. The quantitative estimate of drug-likeness (QED) is 0.906. The van der Waals surface area contributed by atoms with Crippen LogP contribution in [0, 0.1) is 6.92 Å². The summed E-state index contributed by atoms with van der Waals surface area (Å²) >= 11 is 6.39. The number of ether oxygens (including phenoxy) is 1. The molecule has 2 aromatic rings. The molecular weight excluding hydrogens is 316 g/mol. The van der Waals surface area contributed by atoms with Gasteiger partial charge in [-0.2, -0.15) is 10.2 Å². The lowest BCUT2D eigenvalue weighted by molar-refractivity contribution is 0.133. The van der Waals surface area contributed by atoms with Crippen molar-refractivity contribution in [1.82, 2.24) is 29.9 Å². The Labute approximate surface area is 141 Å². The van der Waals surface area contributed by atoms with E-state index in [2.05, 4.69) is 25.2 Å². The molecule has 23 heavy (non-hydrogen) atoms. The number of hydrogen-bond donors (Lipinski definition) is 1. The largest absolute Gasteiger partial charge is 0.377 e. The van der Waals surface area contributed by atoms with Gasteiger partial charge < -0.3 is 4.74 Å². The summed E-state index contributed by atoms with van der Waals surface area (Å²) in [6.07, 6.45) is 3.43. The number of piperidine rings is 1. The maximum absolute atomic E-state index is 6.39. The maximum atomic E-state index is 6.39. The summed E-state index contributed by atoms with van der Waals surface area (Å²) in [5, 5.41) is 12.5. The van der Waals surface area contributed by atoms with Crippen LogP contribution >= 0.6 is 11.6 Å². The molecule has 0 bridgehead atoms. The van der Waals surface area contributed by atoms with Crippen molar-refractivity contribution in [2.75, 3.05) is 13.7 Å². The molecule has 0 unspecified atom stereocenters. The highest BCUT2D eigenvalue weighted by molar-refractivity contribution is 6.30. The van der Waals surface area contributed by atoms with E-state index in [-0.39, 0.29) is 6.04 Å². The van der Waals surface area contributed by atoms with Gasteiger partial charge in [-0.15, -0.1) is 0 Å². The van der Waals surface area contributed by atoms with E-state index in [9.17, 15) is 0 Å². The van der Waals surface area contributed by atoms with Crippen LogP contribution in [0.15, 0.2) is 0 Å². The lowest BCUT2D eigenvalue weighted by Gasteiger charge is -2.33. The highest BCUT2D eigenvalue weighted by Gasteiger charge is 2.29. The second-order valence-corrected chi connectivity index (χ2v) is 6.39. The minimum atomic E-state index is 0.210. The van der Waals surface area contributed by atoms with Gasteiger partial charge in [0, 0.05) is 26.3 Å². The van der Waals surface area contributed by atoms with Crippen molar-refractivity contribution < 1.29 is 4.74 Å². The number of nitrogens with zero attached hydrogens (tertiary/aromatic N) is 5. The second-order valence-electron chi connectivity index (χ2n) is 6.03. The first-order valence-corrected chi connectivity index (χ1v) is 8.30. The number of hydrogen-bond acceptors (Lipinski definition) is 5. The summed E-state index contributed by atoms with van der Waals surface area (Å²) in [5.74, 6) is 1.61. The number of aromatic amines is 1. The van der Waals surface area contributed by atoms with Crippen molar-refractivity contribution >= 4 is 11.6 Å². The van der Waals surface area contributed by atoms with Gasteiger partial charge in [-0.25, -0.2) is 4.98 Å². The minimum absolute atomic E-state index is 0.210. The Kier molecular flexibility index (Phi) is 4.99. The van der Waals surface area contributed by atoms with Crippen LogP contribution < -0.4 is 0 Å². The van der Waals surface area contributed by atoms with Crippen molar-refractivity contribution in [2.45, 2.75) is 45.4 Å². The summed E-state index contributed by atoms with van der Waals surface area (Å²) in [6, 6.07) is 0.210. The standard InChI is InChI=1S/C15H23ClN6O/c1-10-11(14(16)21(2)20-10)8-22-7-5-4-6-12(22)15-17-13(9-23-3)18-19-15/h12H,4-9H2,1-3H3,(H,17,18,19)/t12-/m1/s1. The van der Waals surface area contributed by atoms with Crippen molar-refractivity contribution in [1.29, 1.82) is 0 Å². The third-order valence-electron chi connectivity index (χ3n) is 4.37. The fraction of sp³-hybridized carbons (Fsp3) is 0.667. The molecule has 0 amide bonds. The SMILES string of the molecule is COCc1nc([C@H]2CCCCN2Cc2c(C)nn(C)c2Cl)n[nH]1. The van der Waals surface area contributed by atoms with Crippen LogP contribution in [-0.2, 0) is 24.9 Å². The number of methoxy groups -OCH3 is 1. The van der Waals surface area contributed by atoms with Crippen LogP contribution in [0.4, 0.5) is 0 Å². The van der Waals surface area contributed by atoms with Gasteiger partial charge in [0.05, 0.1) is 11.7 Å². The molecule has 2 aromatic heterocycles. The van der Waals surface area contributed by atoms with Crippen LogP contribution in [-0.4, -0.2) is 43.5 Å². The molecule has 1 aliphatic rings. The number of rotatable bonds is 5. The highest BCUT2D eigenvalue weighted by Crippen LogP contribution is 2.32. The van der Waals surface area contributed by atoms with E-state index in [1.807, 2.05) is 14.0 Å². The first-order valence-electron chi connectivity index (χ1n) is 7.92. The van der Waals surface area contributed by atoms with Gasteiger partial charge in [-0.05, 0) is 26.3 Å². The van der Waals surface area contributed by atoms with Gasteiger partial charge in [0.1, 0.15) is 11.8 Å². The molecule has 3 heterocycles. The lowest BCUT2D eigenvalue weighted by atomic mass is 10.0. The molecule has 3 rings (SSSR count). The van der Waals surface area contributed by atoms with E-state index in [0.29, 0.717) is 11.8 Å². The zero-order chi connectivity index (χ0) is 16.4. The van der Waals surface area contributed by atoms with Crippen LogP contribution in [0.25, 0.3) is 0 Å². The van der Waals surface area contributed by atoms with E-state index in [0.717, 1.165) is 42.4 Å². The smallest absolute Gasteiger partial charge is 0.167 e. The van der Waals surface area contributed by atoms with E-state index in [1.165, 1.54) is 12.8 Å². The minimum Gasteiger partial charge on any atom is -0.377 e. The summed E-state index contributed by atoms with van der Waals surface area (Å²) in [5.41, 5.74) is 2.07. The molecule has 7 nitrogen and oxygen atoms in total. The molecule has 0 spiro atoms. The normalized spacial score (nSPS) is 19.4. The third kappa shape index (κ3) is 3.41. The first kappa shape index (κ1) is 16.4. The summed E-state index contributed by atoms with van der Waals surface area (Å²) in [4.78, 5) is 6.98. The summed E-state index contributed by atoms with van der Waals surface area (Å²) in [6.45, 7) is 4.25. The Morgan fingerprint density at radius 1 is 1.39 bits per heavy atom. The van der Waals surface area contributed by atoms with Gasteiger partial charge in [-0.3, -0.25) is 14.7 Å². The van der Waals surface area contributed by atoms with Crippen molar-refractivity contribution in [2.24, 2.45) is 7.05 Å². The Balaban J connectivity index is 1.80. The topological polar surface area (TPSA) is 71.9 Å². The van der Waals surface area contributed by atoms with Gasteiger partial charge in [0.2, 0.25) is 0 Å². The highest BCUT2D eigenvalue weighted by atomic mass is 35.5. The molecule has 1 atom stereocenters. The van der Waals surface area contributed by atoms with E-state index >= 15 is 0 Å². The molecule has 1 aliphatic heterocycles. The van der Waals surface area contributed by atoms with Crippen molar-refractivity contribution in [3.8, 4) is 0 Å². The van der Waals surface area contributed by atoms with E-state index in [1.54, 1.807) is 11.8 Å².